The van der Waals surface area contributed by atoms with Crippen molar-refractivity contribution in [3.8, 4) is 0 Å². The topological polar surface area (TPSA) is 66.5 Å². The van der Waals surface area contributed by atoms with Gasteiger partial charge in [-0.3, -0.25) is 4.90 Å². The molecule has 0 saturated carbocycles. The molecule has 0 radical (unpaired) electrons. The van der Waals surface area contributed by atoms with E-state index in [1.807, 2.05) is 25.1 Å². The van der Waals surface area contributed by atoms with Gasteiger partial charge in [-0.2, -0.15) is 0 Å². The van der Waals surface area contributed by atoms with Crippen molar-refractivity contribution >= 4 is 16.9 Å². The summed E-state index contributed by atoms with van der Waals surface area (Å²) in [4.78, 5) is 12.2. The smallest absolute Gasteiger partial charge is 0.160 e. The number of rotatable bonds is 7. The zero-order valence-corrected chi connectivity index (χ0v) is 20.8. The molecule has 1 aliphatic rings. The molecule has 1 N–H and O–H groups in total. The Morgan fingerprint density at radius 2 is 1.57 bits per heavy atom. The molecule has 0 bridgehead atoms. The van der Waals surface area contributed by atoms with E-state index in [0.29, 0.717) is 12.3 Å². The SMILES string of the molecule is CCc1nc2c(C)cc(C)nc2n1Cc1cccc(/C(=N\O)c2cccc(CN3CCCC3)c2)c1. The molecule has 1 fully saturated rings. The standard InChI is InChI=1S/C29H33N5O/c1-4-26-31-27-20(2)15-21(3)30-29(27)34(26)19-23-10-8-12-25(17-23)28(32-35)24-11-7-9-22(16-24)18-33-13-5-6-14-33/h7-12,15-17,35H,4-6,13-14,18-19H2,1-3H3/b32-28-. The lowest BCUT2D eigenvalue weighted by Gasteiger charge is -2.15. The Morgan fingerprint density at radius 1 is 0.914 bits per heavy atom. The van der Waals surface area contributed by atoms with Crippen LogP contribution in [-0.4, -0.2) is 43.4 Å². The molecule has 1 saturated heterocycles. The summed E-state index contributed by atoms with van der Waals surface area (Å²) >= 11 is 0. The molecule has 35 heavy (non-hydrogen) atoms. The summed E-state index contributed by atoms with van der Waals surface area (Å²) in [6, 6.07) is 18.7. The third kappa shape index (κ3) is 4.84. The minimum atomic E-state index is 0.589. The van der Waals surface area contributed by atoms with E-state index in [9.17, 15) is 5.21 Å². The van der Waals surface area contributed by atoms with E-state index < -0.39 is 0 Å². The van der Waals surface area contributed by atoms with Gasteiger partial charge in [-0.05, 0) is 74.7 Å². The molecule has 3 heterocycles. The maximum Gasteiger partial charge on any atom is 0.160 e. The van der Waals surface area contributed by atoms with Crippen LogP contribution in [0.2, 0.25) is 0 Å². The number of pyridine rings is 1. The highest BCUT2D eigenvalue weighted by molar-refractivity contribution is 6.12. The average Bonchev–Trinajstić information content (AvgIpc) is 3.48. The van der Waals surface area contributed by atoms with Crippen LogP contribution in [0, 0.1) is 13.8 Å². The Hall–Kier alpha value is -3.51. The first-order valence-electron chi connectivity index (χ1n) is 12.5. The molecule has 4 aromatic rings. The van der Waals surface area contributed by atoms with Crippen LogP contribution >= 0.6 is 0 Å². The van der Waals surface area contributed by atoms with Crippen molar-refractivity contribution in [2.45, 2.75) is 53.1 Å². The second-order valence-corrected chi connectivity index (χ2v) is 9.55. The zero-order chi connectivity index (χ0) is 24.4. The Kier molecular flexibility index (Phi) is 6.64. The fraction of sp³-hybridized carbons (Fsp3) is 0.345. The number of fused-ring (bicyclic) bond motifs is 1. The maximum atomic E-state index is 9.99. The molecule has 6 heteroatoms. The number of benzene rings is 2. The molecule has 2 aromatic heterocycles. The van der Waals surface area contributed by atoms with Gasteiger partial charge in [0, 0.05) is 29.8 Å². The van der Waals surface area contributed by atoms with E-state index in [-0.39, 0.29) is 0 Å². The lowest BCUT2D eigenvalue weighted by Crippen LogP contribution is -2.18. The van der Waals surface area contributed by atoms with Crippen molar-refractivity contribution in [1.29, 1.82) is 0 Å². The molecule has 1 aliphatic heterocycles. The van der Waals surface area contributed by atoms with Gasteiger partial charge >= 0.3 is 0 Å². The van der Waals surface area contributed by atoms with E-state index in [1.165, 1.54) is 18.4 Å². The third-order valence-electron chi connectivity index (χ3n) is 6.86. The Balaban J connectivity index is 1.45. The number of hydrogen-bond donors (Lipinski definition) is 1. The van der Waals surface area contributed by atoms with Gasteiger partial charge in [0.1, 0.15) is 17.1 Å². The number of imidazole rings is 1. The van der Waals surface area contributed by atoms with E-state index in [4.69, 9.17) is 9.97 Å². The predicted octanol–water partition coefficient (Wildman–Crippen LogP) is 5.48. The maximum absolute atomic E-state index is 9.99. The van der Waals surface area contributed by atoms with Crippen LogP contribution in [-0.2, 0) is 19.5 Å². The highest BCUT2D eigenvalue weighted by atomic mass is 16.4. The van der Waals surface area contributed by atoms with Gasteiger partial charge in [-0.15, -0.1) is 0 Å². The summed E-state index contributed by atoms with van der Waals surface area (Å²) in [6.07, 6.45) is 3.38. The van der Waals surface area contributed by atoms with Crippen LogP contribution in [0.5, 0.6) is 0 Å². The number of nitrogens with zero attached hydrogens (tertiary/aromatic N) is 5. The van der Waals surface area contributed by atoms with Gasteiger partial charge in [0.05, 0.1) is 6.54 Å². The van der Waals surface area contributed by atoms with Gasteiger partial charge < -0.3 is 9.77 Å². The van der Waals surface area contributed by atoms with Crippen molar-refractivity contribution in [3.63, 3.8) is 0 Å². The molecule has 0 atom stereocenters. The van der Waals surface area contributed by atoms with Crippen LogP contribution in [0.1, 0.15) is 59.1 Å². The first kappa shape index (κ1) is 23.2. The largest absolute Gasteiger partial charge is 0.410 e. The van der Waals surface area contributed by atoms with Crippen LogP contribution in [0.4, 0.5) is 0 Å². The van der Waals surface area contributed by atoms with Crippen LogP contribution < -0.4 is 0 Å². The van der Waals surface area contributed by atoms with E-state index >= 15 is 0 Å². The molecule has 0 spiro atoms. The van der Waals surface area contributed by atoms with Gasteiger partial charge in [-0.1, -0.05) is 48.5 Å². The summed E-state index contributed by atoms with van der Waals surface area (Å²) < 4.78 is 2.21. The van der Waals surface area contributed by atoms with Crippen LogP contribution in [0.3, 0.4) is 0 Å². The van der Waals surface area contributed by atoms with E-state index in [0.717, 1.165) is 71.0 Å². The van der Waals surface area contributed by atoms with E-state index in [2.05, 4.69) is 64.9 Å². The van der Waals surface area contributed by atoms with Gasteiger partial charge in [-0.25, -0.2) is 9.97 Å². The summed E-state index contributed by atoms with van der Waals surface area (Å²) in [7, 11) is 0. The van der Waals surface area contributed by atoms with Crippen molar-refractivity contribution in [2.24, 2.45) is 5.16 Å². The molecule has 0 amide bonds. The Morgan fingerprint density at radius 3 is 2.20 bits per heavy atom. The summed E-state index contributed by atoms with van der Waals surface area (Å²) in [6.45, 7) is 10.2. The van der Waals surface area contributed by atoms with Gasteiger partial charge in [0.15, 0.2) is 5.65 Å². The second-order valence-electron chi connectivity index (χ2n) is 9.55. The number of hydrogen-bond acceptors (Lipinski definition) is 5. The van der Waals surface area contributed by atoms with Crippen LogP contribution in [0.15, 0.2) is 59.8 Å². The zero-order valence-electron chi connectivity index (χ0n) is 20.8. The molecule has 2 aromatic carbocycles. The molecule has 0 unspecified atom stereocenters. The number of aryl methyl sites for hydroxylation is 3. The molecule has 5 rings (SSSR count). The monoisotopic (exact) mass is 467 g/mol. The summed E-state index contributed by atoms with van der Waals surface area (Å²) in [5, 5.41) is 13.7. The molecule has 180 valence electrons. The van der Waals surface area contributed by atoms with Crippen molar-refractivity contribution < 1.29 is 5.21 Å². The quantitative estimate of drug-likeness (QED) is 0.222. The number of likely N-dealkylation sites (tertiary alicyclic amines) is 1. The Bertz CT molecular complexity index is 1380. The van der Waals surface area contributed by atoms with Crippen molar-refractivity contribution in [3.05, 3.63) is 93.9 Å². The fourth-order valence-electron chi connectivity index (χ4n) is 5.18. The molecule has 6 nitrogen and oxygen atoms in total. The predicted molar refractivity (Wildman–Crippen MR) is 140 cm³/mol. The minimum absolute atomic E-state index is 0.589. The number of aromatic nitrogens is 3. The van der Waals surface area contributed by atoms with Gasteiger partial charge in [0.2, 0.25) is 0 Å². The first-order chi connectivity index (χ1) is 17.1. The van der Waals surface area contributed by atoms with Gasteiger partial charge in [0.25, 0.3) is 0 Å². The lowest BCUT2D eigenvalue weighted by molar-refractivity contribution is 0.319. The highest BCUT2D eigenvalue weighted by Gasteiger charge is 2.16. The average molecular weight is 468 g/mol. The molecular weight excluding hydrogens is 434 g/mol. The molecule has 0 aliphatic carbocycles. The molecular formula is C29H33N5O. The lowest BCUT2D eigenvalue weighted by atomic mass is 9.98. The van der Waals surface area contributed by atoms with Crippen molar-refractivity contribution in [1.82, 2.24) is 19.4 Å². The van der Waals surface area contributed by atoms with Crippen LogP contribution in [0.25, 0.3) is 11.2 Å². The Labute approximate surface area is 206 Å². The first-order valence-corrected chi connectivity index (χ1v) is 12.5. The van der Waals surface area contributed by atoms with E-state index in [1.54, 1.807) is 0 Å². The highest BCUT2D eigenvalue weighted by Crippen LogP contribution is 2.22. The summed E-state index contributed by atoms with van der Waals surface area (Å²) in [5.41, 5.74) is 8.82. The normalized spacial score (nSPS) is 14.8. The second kappa shape index (κ2) is 10.0. The fourth-order valence-corrected chi connectivity index (χ4v) is 5.18. The van der Waals surface area contributed by atoms with Crippen molar-refractivity contribution in [2.75, 3.05) is 13.1 Å². The third-order valence-corrected chi connectivity index (χ3v) is 6.86. The summed E-state index contributed by atoms with van der Waals surface area (Å²) in [5.74, 6) is 1.03. The number of oxime groups is 1. The minimum Gasteiger partial charge on any atom is -0.410 e.